The zero-order valence-electron chi connectivity index (χ0n) is 27.1. The largest absolute Gasteiger partial charge is 0.480 e. The first-order chi connectivity index (χ1) is 22.3. The van der Waals surface area contributed by atoms with Crippen LogP contribution in [0.4, 0.5) is 0 Å². The van der Waals surface area contributed by atoms with E-state index in [0.29, 0.717) is 33.4 Å². The van der Waals surface area contributed by atoms with Crippen LogP contribution >= 0.6 is 0 Å². The third-order valence-electron chi connectivity index (χ3n) is 17.5. The van der Waals surface area contributed by atoms with Crippen molar-refractivity contribution in [3.63, 3.8) is 0 Å². The van der Waals surface area contributed by atoms with Crippen molar-refractivity contribution in [2.75, 3.05) is 0 Å². The summed E-state index contributed by atoms with van der Waals surface area (Å²) in [5.74, 6) is -16.5. The Labute approximate surface area is 273 Å². The Morgan fingerprint density at radius 1 is 0.396 bits per heavy atom. The maximum atomic E-state index is 13.4. The first-order valence-electron chi connectivity index (χ1n) is 17.0. The van der Waals surface area contributed by atoms with E-state index in [4.69, 9.17) is 0 Å². The average molecular weight is 661 g/mol. The first kappa shape index (κ1) is 29.0. The molecule has 10 rings (SSSR count). The molecular weight excluding hydrogens is 624 g/mol. The van der Waals surface area contributed by atoms with E-state index < -0.39 is 139 Å². The molecule has 3 saturated carbocycles. The molecule has 1 aromatic carbocycles. The van der Waals surface area contributed by atoms with Gasteiger partial charge >= 0.3 is 35.8 Å². The van der Waals surface area contributed by atoms with Crippen molar-refractivity contribution in [1.82, 2.24) is 0 Å². The van der Waals surface area contributed by atoms with Crippen LogP contribution in [-0.2, 0) is 45.0 Å². The van der Waals surface area contributed by atoms with Gasteiger partial charge in [0.25, 0.3) is 0 Å². The molecule has 0 bridgehead atoms. The van der Waals surface area contributed by atoms with Gasteiger partial charge in [-0.1, -0.05) is 41.5 Å². The van der Waals surface area contributed by atoms with Crippen LogP contribution in [0.2, 0.25) is 0 Å². The fourth-order valence-electron chi connectivity index (χ4n) is 17.3. The minimum atomic E-state index is -2.20. The van der Waals surface area contributed by atoms with Crippen LogP contribution in [-0.4, -0.2) is 66.5 Å². The molecule has 0 saturated heterocycles. The number of hydrogen-bond donors (Lipinski definition) is 6. The molecule has 0 heterocycles. The smallest absolute Gasteiger partial charge is 0.322 e. The number of carboxylic acids is 6. The fraction of sp³-hybridized carbons (Fsp3) is 0.667. The maximum absolute atomic E-state index is 13.4. The van der Waals surface area contributed by atoms with Gasteiger partial charge in [-0.2, -0.15) is 0 Å². The van der Waals surface area contributed by atoms with Crippen molar-refractivity contribution < 1.29 is 59.4 Å². The molecule has 15 atom stereocenters. The summed E-state index contributed by atoms with van der Waals surface area (Å²) < 4.78 is 0. The average Bonchev–Trinajstić information content (AvgIpc) is 3.86. The molecule has 0 amide bonds. The van der Waals surface area contributed by atoms with Crippen LogP contribution in [0, 0.1) is 69.5 Å². The molecule has 3 spiro atoms. The van der Waals surface area contributed by atoms with Gasteiger partial charge in [-0.3, -0.25) is 28.8 Å². The second kappa shape index (κ2) is 7.03. The van der Waals surface area contributed by atoms with E-state index in [1.807, 2.05) is 41.5 Å². The van der Waals surface area contributed by atoms with Crippen molar-refractivity contribution in [3.05, 3.63) is 33.4 Å². The molecule has 48 heavy (non-hydrogen) atoms. The number of hydrogen-bond acceptors (Lipinski definition) is 6. The number of aliphatic carboxylic acids is 6. The van der Waals surface area contributed by atoms with E-state index >= 15 is 0 Å². The van der Waals surface area contributed by atoms with Gasteiger partial charge in [0, 0.05) is 34.0 Å². The number of rotatable bonds is 6. The SMILES string of the molecule is C[C@@H]1[C@H]2c3c4c5c6c7c3[C@]3([C@H]2C)[C@@H]([C@H](C)[C@@H]7[C@H](C)[C@]62[C@@H]([C@H](C)C5[C@H](C)[C@]45[C@@H]1C5(C(=O)O)C(=O)O)C2(C(=O)O)C(=O)O)C3(C(=O)O)C(=O)O. The highest BCUT2D eigenvalue weighted by atomic mass is 16.4. The lowest BCUT2D eigenvalue weighted by atomic mass is 9.66. The first-order valence-corrected chi connectivity index (χ1v) is 17.0. The number of carbonyl (C=O) groups is 6. The third-order valence-corrected chi connectivity index (χ3v) is 17.5. The highest BCUT2D eigenvalue weighted by molar-refractivity contribution is 6.11. The second-order valence-electron chi connectivity index (χ2n) is 17.2. The monoisotopic (exact) mass is 660 g/mol. The van der Waals surface area contributed by atoms with Crippen molar-refractivity contribution in [3.8, 4) is 0 Å². The normalized spacial score (nSPS) is 50.4. The van der Waals surface area contributed by atoms with E-state index in [1.165, 1.54) is 0 Å². The van der Waals surface area contributed by atoms with Gasteiger partial charge in [-0.25, -0.2) is 0 Å². The van der Waals surface area contributed by atoms with Gasteiger partial charge in [0.05, 0.1) is 0 Å². The van der Waals surface area contributed by atoms with Gasteiger partial charge in [-0.15, -0.1) is 0 Å². The summed E-state index contributed by atoms with van der Waals surface area (Å²) in [5.41, 5.74) is -7.13. The predicted octanol–water partition coefficient (Wildman–Crippen LogP) is 2.91. The highest BCUT2D eigenvalue weighted by Gasteiger charge is 3.01. The van der Waals surface area contributed by atoms with Crippen LogP contribution in [0.5, 0.6) is 0 Å². The Kier molecular flexibility index (Phi) is 4.25. The van der Waals surface area contributed by atoms with Crippen LogP contribution < -0.4 is 0 Å². The molecule has 1 unspecified atom stereocenters. The minimum Gasteiger partial charge on any atom is -0.480 e. The van der Waals surface area contributed by atoms with E-state index in [1.54, 1.807) is 0 Å². The van der Waals surface area contributed by atoms with Crippen molar-refractivity contribution >= 4 is 35.8 Å². The molecule has 6 N–H and O–H groups in total. The van der Waals surface area contributed by atoms with E-state index in [-0.39, 0.29) is 0 Å². The summed E-state index contributed by atoms with van der Waals surface area (Å²) >= 11 is 0. The zero-order valence-corrected chi connectivity index (χ0v) is 27.1. The lowest BCUT2D eigenvalue weighted by molar-refractivity contribution is -0.161. The van der Waals surface area contributed by atoms with Crippen LogP contribution in [0.1, 0.15) is 92.7 Å². The summed E-state index contributed by atoms with van der Waals surface area (Å²) in [7, 11) is 0. The van der Waals surface area contributed by atoms with Gasteiger partial charge in [0.1, 0.15) is 0 Å². The maximum Gasteiger partial charge on any atom is 0.322 e. The standard InChI is InChI=1S/C36H36O12/c1-7-13-10(4)32-20-16(13)19-17-14(11(5)31(19)22(7)34(31,25(37)38)26(39)40)8(2)24-33(36(24,29(45)46)30(47)48)12(6)15(18(20)21(17)33)9(3)23(32)35(32,27(41)42)28(43)44/h7-15,22-24H,1-6H3,(H,37,38)(H,39,40)(H,41,42)(H,43,44)(H,45,46)(H,47,48)/t7-,8-,9-,10+,11+,12+,13-,14-,15?,22-,23-,24-,31-,32-,33-/m1/s1. The lowest BCUT2D eigenvalue weighted by Crippen LogP contribution is -2.38. The summed E-state index contributed by atoms with van der Waals surface area (Å²) in [6.07, 6.45) is 0. The summed E-state index contributed by atoms with van der Waals surface area (Å²) in [4.78, 5) is 80.6. The van der Waals surface area contributed by atoms with Gasteiger partial charge in [-0.05, 0) is 86.6 Å². The Bertz CT molecular complexity index is 1730. The summed E-state index contributed by atoms with van der Waals surface area (Å²) in [6.45, 7) is 11.0. The van der Waals surface area contributed by atoms with E-state index in [0.717, 1.165) is 0 Å². The minimum absolute atomic E-state index is 0.530. The molecule has 9 aliphatic carbocycles. The Morgan fingerprint density at radius 2 is 0.583 bits per heavy atom. The van der Waals surface area contributed by atoms with E-state index in [9.17, 15) is 59.4 Å². The molecule has 12 nitrogen and oxygen atoms in total. The molecule has 1 aromatic rings. The molecule has 0 aromatic heterocycles. The predicted molar refractivity (Wildman–Crippen MR) is 158 cm³/mol. The molecule has 252 valence electrons. The lowest BCUT2D eigenvalue weighted by Gasteiger charge is -2.36. The van der Waals surface area contributed by atoms with Crippen molar-refractivity contribution in [1.29, 1.82) is 0 Å². The summed E-state index contributed by atoms with van der Waals surface area (Å²) in [6, 6.07) is 0. The van der Waals surface area contributed by atoms with Crippen LogP contribution in [0.25, 0.3) is 0 Å². The molecule has 0 aliphatic heterocycles. The molecule has 3 fully saturated rings. The molecule has 0 radical (unpaired) electrons. The molecular formula is C36H36O12. The molecule has 12 heteroatoms. The Hall–Kier alpha value is -3.96. The fourth-order valence-corrected chi connectivity index (χ4v) is 17.3. The number of carboxylic acid groups (broad SMARTS) is 6. The topological polar surface area (TPSA) is 224 Å². The quantitative estimate of drug-likeness (QED) is 0.242. The summed E-state index contributed by atoms with van der Waals surface area (Å²) in [5, 5.41) is 65.5. The zero-order chi connectivity index (χ0) is 34.9. The van der Waals surface area contributed by atoms with Crippen LogP contribution in [0.15, 0.2) is 0 Å². The molecule has 9 aliphatic rings. The van der Waals surface area contributed by atoms with Crippen LogP contribution in [0.3, 0.4) is 0 Å². The number of benzene rings is 1. The van der Waals surface area contributed by atoms with Gasteiger partial charge < -0.3 is 30.6 Å². The van der Waals surface area contributed by atoms with Crippen molar-refractivity contribution in [2.45, 2.75) is 75.5 Å². The van der Waals surface area contributed by atoms with Gasteiger partial charge in [0.2, 0.25) is 0 Å². The van der Waals surface area contributed by atoms with Crippen molar-refractivity contribution in [2.24, 2.45) is 69.5 Å². The Balaban J connectivity index is 1.46. The second-order valence-corrected chi connectivity index (χ2v) is 17.2. The van der Waals surface area contributed by atoms with Gasteiger partial charge in [0.15, 0.2) is 16.2 Å². The highest BCUT2D eigenvalue weighted by Crippen LogP contribution is 2.97. The Morgan fingerprint density at radius 3 is 0.750 bits per heavy atom. The third kappa shape index (κ3) is 1.82. The van der Waals surface area contributed by atoms with E-state index in [2.05, 4.69) is 0 Å².